The Kier molecular flexibility index (Phi) is 4.26. The topological polar surface area (TPSA) is 26.3 Å². The summed E-state index contributed by atoms with van der Waals surface area (Å²) in [6.07, 6.45) is 6.27. The molecule has 1 fully saturated rings. The molecule has 75 valence electrons. The molecule has 1 aliphatic carbocycles. The van der Waals surface area contributed by atoms with Crippen molar-refractivity contribution in [3.8, 4) is 0 Å². The molecule has 0 aromatic rings. The van der Waals surface area contributed by atoms with E-state index in [-0.39, 0.29) is 11.9 Å². The standard InChI is InChI=1S/C11H19O2/c1-3-13-11(12)9(2)10-7-5-4-6-8-10/h3,9-10H,4-8H2,1-2H3. The van der Waals surface area contributed by atoms with E-state index in [2.05, 4.69) is 0 Å². The summed E-state index contributed by atoms with van der Waals surface area (Å²) in [6.45, 7) is 5.20. The van der Waals surface area contributed by atoms with Gasteiger partial charge >= 0.3 is 5.97 Å². The molecule has 0 bridgehead atoms. The van der Waals surface area contributed by atoms with E-state index in [1.165, 1.54) is 38.7 Å². The Hall–Kier alpha value is -0.530. The highest BCUT2D eigenvalue weighted by molar-refractivity contribution is 5.72. The van der Waals surface area contributed by atoms with E-state index in [0.717, 1.165) is 0 Å². The smallest absolute Gasteiger partial charge is 0.309 e. The van der Waals surface area contributed by atoms with Crippen LogP contribution in [-0.4, -0.2) is 5.97 Å². The van der Waals surface area contributed by atoms with Crippen molar-refractivity contribution in [3.63, 3.8) is 0 Å². The molecule has 2 heteroatoms. The van der Waals surface area contributed by atoms with Crippen molar-refractivity contribution < 1.29 is 9.53 Å². The fourth-order valence-electron chi connectivity index (χ4n) is 2.05. The predicted octanol–water partition coefficient (Wildman–Crippen LogP) is 2.93. The lowest BCUT2D eigenvalue weighted by Crippen LogP contribution is -2.24. The summed E-state index contributed by atoms with van der Waals surface area (Å²) in [4.78, 5) is 11.4. The maximum Gasteiger partial charge on any atom is 0.309 e. The highest BCUT2D eigenvalue weighted by atomic mass is 16.5. The third-order valence-electron chi connectivity index (χ3n) is 2.96. The maximum atomic E-state index is 11.4. The van der Waals surface area contributed by atoms with Crippen LogP contribution in [0.2, 0.25) is 0 Å². The van der Waals surface area contributed by atoms with Gasteiger partial charge in [-0.1, -0.05) is 26.2 Å². The van der Waals surface area contributed by atoms with Crippen LogP contribution >= 0.6 is 0 Å². The zero-order chi connectivity index (χ0) is 9.68. The van der Waals surface area contributed by atoms with Crippen LogP contribution < -0.4 is 0 Å². The van der Waals surface area contributed by atoms with Crippen molar-refractivity contribution in [2.75, 3.05) is 0 Å². The normalized spacial score (nSPS) is 21.1. The molecule has 0 amide bonds. The number of carbonyl (C=O) groups is 1. The van der Waals surface area contributed by atoms with Crippen LogP contribution in [0.3, 0.4) is 0 Å². The molecule has 1 aliphatic rings. The highest BCUT2D eigenvalue weighted by Gasteiger charge is 2.26. The zero-order valence-electron chi connectivity index (χ0n) is 8.58. The molecule has 1 unspecified atom stereocenters. The summed E-state index contributed by atoms with van der Waals surface area (Å²) in [6, 6.07) is 0. The van der Waals surface area contributed by atoms with Gasteiger partial charge in [0.05, 0.1) is 5.92 Å². The highest BCUT2D eigenvalue weighted by Crippen LogP contribution is 2.30. The Balaban J connectivity index is 2.35. The fourth-order valence-corrected chi connectivity index (χ4v) is 2.05. The SMILES string of the molecule is C[CH]OC(=O)C(C)C1CCCCC1. The van der Waals surface area contributed by atoms with Gasteiger partial charge in [0.15, 0.2) is 0 Å². The van der Waals surface area contributed by atoms with Crippen molar-refractivity contribution in [2.45, 2.75) is 46.0 Å². The number of carbonyl (C=O) groups excluding carboxylic acids is 1. The molecule has 2 nitrogen and oxygen atoms in total. The summed E-state index contributed by atoms with van der Waals surface area (Å²) < 4.78 is 4.89. The van der Waals surface area contributed by atoms with Crippen LogP contribution in [0.4, 0.5) is 0 Å². The first-order chi connectivity index (χ1) is 6.25. The van der Waals surface area contributed by atoms with E-state index in [4.69, 9.17) is 4.74 Å². The molecule has 0 heterocycles. The molecule has 0 N–H and O–H groups in total. The van der Waals surface area contributed by atoms with Crippen molar-refractivity contribution in [3.05, 3.63) is 6.61 Å². The number of hydrogen-bond acceptors (Lipinski definition) is 2. The number of hydrogen-bond donors (Lipinski definition) is 0. The van der Waals surface area contributed by atoms with Gasteiger partial charge in [-0.2, -0.15) is 0 Å². The molecular formula is C11H19O2. The number of rotatable bonds is 3. The molecule has 13 heavy (non-hydrogen) atoms. The van der Waals surface area contributed by atoms with Gasteiger partial charge in [-0.15, -0.1) is 0 Å². The first-order valence-electron chi connectivity index (χ1n) is 5.24. The van der Waals surface area contributed by atoms with Crippen LogP contribution in [0, 0.1) is 18.4 Å². The van der Waals surface area contributed by atoms with Gasteiger partial charge in [-0.3, -0.25) is 4.79 Å². The van der Waals surface area contributed by atoms with Crippen LogP contribution in [0.25, 0.3) is 0 Å². The van der Waals surface area contributed by atoms with Crippen molar-refractivity contribution in [1.82, 2.24) is 0 Å². The molecular weight excluding hydrogens is 164 g/mol. The van der Waals surface area contributed by atoms with Crippen molar-refractivity contribution in [1.29, 1.82) is 0 Å². The van der Waals surface area contributed by atoms with Crippen LogP contribution in [0.15, 0.2) is 0 Å². The minimum absolute atomic E-state index is 0.0607. The minimum Gasteiger partial charge on any atom is -0.459 e. The Labute approximate surface area is 80.7 Å². The Morgan fingerprint density at radius 2 is 2.00 bits per heavy atom. The average Bonchev–Trinajstić information content (AvgIpc) is 2.18. The largest absolute Gasteiger partial charge is 0.459 e. The number of ether oxygens (including phenoxy) is 1. The molecule has 1 rings (SSSR count). The van der Waals surface area contributed by atoms with Gasteiger partial charge < -0.3 is 4.74 Å². The summed E-state index contributed by atoms with van der Waals surface area (Å²) in [5.41, 5.74) is 0. The summed E-state index contributed by atoms with van der Waals surface area (Å²) in [5, 5.41) is 0. The van der Waals surface area contributed by atoms with Gasteiger partial charge in [0.1, 0.15) is 6.61 Å². The second kappa shape index (κ2) is 5.25. The third-order valence-corrected chi connectivity index (χ3v) is 2.96. The first-order valence-corrected chi connectivity index (χ1v) is 5.24. The van der Waals surface area contributed by atoms with Gasteiger partial charge in [-0.05, 0) is 25.7 Å². The predicted molar refractivity (Wildman–Crippen MR) is 51.8 cm³/mol. The Morgan fingerprint density at radius 3 is 2.54 bits per heavy atom. The summed E-state index contributed by atoms with van der Waals surface area (Å²) >= 11 is 0. The van der Waals surface area contributed by atoms with E-state index < -0.39 is 0 Å². The number of esters is 1. The molecule has 0 aromatic heterocycles. The molecule has 0 saturated heterocycles. The molecule has 0 spiro atoms. The average molecular weight is 183 g/mol. The van der Waals surface area contributed by atoms with E-state index in [9.17, 15) is 4.79 Å². The van der Waals surface area contributed by atoms with E-state index in [1.807, 2.05) is 6.92 Å². The van der Waals surface area contributed by atoms with E-state index >= 15 is 0 Å². The second-order valence-electron chi connectivity index (χ2n) is 3.86. The molecule has 1 saturated carbocycles. The molecule has 0 aromatic carbocycles. The lowest BCUT2D eigenvalue weighted by atomic mass is 9.81. The van der Waals surface area contributed by atoms with Gasteiger partial charge in [-0.25, -0.2) is 0 Å². The van der Waals surface area contributed by atoms with Crippen LogP contribution in [0.1, 0.15) is 46.0 Å². The monoisotopic (exact) mass is 183 g/mol. The van der Waals surface area contributed by atoms with Gasteiger partial charge in [0, 0.05) is 0 Å². The van der Waals surface area contributed by atoms with Crippen LogP contribution in [-0.2, 0) is 9.53 Å². The van der Waals surface area contributed by atoms with E-state index in [1.54, 1.807) is 6.92 Å². The van der Waals surface area contributed by atoms with Crippen molar-refractivity contribution >= 4 is 5.97 Å². The molecule has 1 radical (unpaired) electrons. The second-order valence-corrected chi connectivity index (χ2v) is 3.86. The minimum atomic E-state index is -0.0607. The lowest BCUT2D eigenvalue weighted by Gasteiger charge is -2.25. The third kappa shape index (κ3) is 3.02. The zero-order valence-corrected chi connectivity index (χ0v) is 8.58. The Morgan fingerprint density at radius 1 is 1.38 bits per heavy atom. The van der Waals surface area contributed by atoms with E-state index in [0.29, 0.717) is 5.92 Å². The Bertz CT molecular complexity index is 159. The first kappa shape index (κ1) is 10.6. The molecule has 0 aliphatic heterocycles. The summed E-state index contributed by atoms with van der Waals surface area (Å²) in [5.74, 6) is 0.576. The maximum absolute atomic E-state index is 11.4. The van der Waals surface area contributed by atoms with Gasteiger partial charge in [0.2, 0.25) is 0 Å². The quantitative estimate of drug-likeness (QED) is 0.629. The molecule has 1 atom stereocenters. The lowest BCUT2D eigenvalue weighted by molar-refractivity contribution is -0.146. The van der Waals surface area contributed by atoms with Crippen molar-refractivity contribution in [2.24, 2.45) is 11.8 Å². The van der Waals surface area contributed by atoms with Gasteiger partial charge in [0.25, 0.3) is 0 Å². The van der Waals surface area contributed by atoms with Crippen LogP contribution in [0.5, 0.6) is 0 Å². The summed E-state index contributed by atoms with van der Waals surface area (Å²) in [7, 11) is 0. The fraction of sp³-hybridized carbons (Fsp3) is 0.818.